The van der Waals surface area contributed by atoms with Crippen LogP contribution in [0.4, 0.5) is 20.2 Å². The molecule has 104 valence electrons. The molecule has 0 aliphatic heterocycles. The van der Waals surface area contributed by atoms with Crippen LogP contribution in [0.1, 0.15) is 0 Å². The molecule has 1 rings (SSSR count). The fraction of sp³-hybridized carbons (Fsp3) is 0.300. The van der Waals surface area contributed by atoms with Gasteiger partial charge in [0, 0.05) is 0 Å². The number of ether oxygens (including phenoxy) is 1. The number of halogens is 2. The van der Waals surface area contributed by atoms with E-state index in [4.69, 9.17) is 5.11 Å². The number of anilines is 1. The SMILES string of the molecule is COC(=O)C(CO)Nc1c(F)cc([N+](=O)[O-])cc1F. The van der Waals surface area contributed by atoms with E-state index < -0.39 is 46.6 Å². The molecule has 0 spiro atoms. The number of carbonyl (C=O) groups excluding carboxylic acids is 1. The Labute approximate surface area is 105 Å². The molecule has 2 N–H and O–H groups in total. The first-order valence-electron chi connectivity index (χ1n) is 4.99. The lowest BCUT2D eigenvalue weighted by Gasteiger charge is -2.16. The number of hydrogen-bond donors (Lipinski definition) is 2. The van der Waals surface area contributed by atoms with Crippen molar-refractivity contribution >= 4 is 17.3 Å². The summed E-state index contributed by atoms with van der Waals surface area (Å²) in [6.07, 6.45) is 0. The summed E-state index contributed by atoms with van der Waals surface area (Å²) < 4.78 is 31.3. The van der Waals surface area contributed by atoms with E-state index in [9.17, 15) is 23.7 Å². The lowest BCUT2D eigenvalue weighted by molar-refractivity contribution is -0.385. The highest BCUT2D eigenvalue weighted by atomic mass is 19.1. The highest BCUT2D eigenvalue weighted by molar-refractivity contribution is 5.79. The van der Waals surface area contributed by atoms with E-state index in [1.807, 2.05) is 0 Å². The van der Waals surface area contributed by atoms with Crippen LogP contribution in [0.5, 0.6) is 0 Å². The van der Waals surface area contributed by atoms with Crippen molar-refractivity contribution < 1.29 is 28.3 Å². The van der Waals surface area contributed by atoms with Crippen molar-refractivity contribution in [3.05, 3.63) is 33.9 Å². The molecule has 19 heavy (non-hydrogen) atoms. The van der Waals surface area contributed by atoms with Crippen molar-refractivity contribution in [3.63, 3.8) is 0 Å². The number of aliphatic hydroxyl groups is 1. The predicted octanol–water partition coefficient (Wildman–Crippen LogP) is 0.819. The molecule has 0 radical (unpaired) electrons. The third kappa shape index (κ3) is 3.35. The Morgan fingerprint density at radius 2 is 2.05 bits per heavy atom. The van der Waals surface area contributed by atoms with Crippen LogP contribution < -0.4 is 5.32 Å². The average Bonchev–Trinajstić information content (AvgIpc) is 2.37. The van der Waals surface area contributed by atoms with Gasteiger partial charge in [-0.05, 0) is 0 Å². The molecule has 1 aromatic carbocycles. The maximum atomic E-state index is 13.5. The van der Waals surface area contributed by atoms with E-state index in [-0.39, 0.29) is 0 Å². The topological polar surface area (TPSA) is 102 Å². The van der Waals surface area contributed by atoms with Gasteiger partial charge in [0.15, 0.2) is 11.6 Å². The lowest BCUT2D eigenvalue weighted by Crippen LogP contribution is -2.34. The minimum atomic E-state index is -1.38. The van der Waals surface area contributed by atoms with Gasteiger partial charge in [0.2, 0.25) is 0 Å². The Morgan fingerprint density at radius 3 is 2.42 bits per heavy atom. The Kier molecular flexibility index (Phi) is 4.70. The van der Waals surface area contributed by atoms with Gasteiger partial charge in [-0.3, -0.25) is 10.1 Å². The van der Waals surface area contributed by atoms with Crippen LogP contribution in [-0.4, -0.2) is 35.8 Å². The number of hydrogen-bond acceptors (Lipinski definition) is 6. The van der Waals surface area contributed by atoms with Gasteiger partial charge < -0.3 is 15.2 Å². The second-order valence-electron chi connectivity index (χ2n) is 3.44. The highest BCUT2D eigenvalue weighted by Gasteiger charge is 2.23. The molecule has 0 aliphatic rings. The van der Waals surface area contributed by atoms with Gasteiger partial charge in [0.25, 0.3) is 5.69 Å². The molecule has 0 fully saturated rings. The Bertz CT molecular complexity index is 486. The molecule has 0 amide bonds. The van der Waals surface area contributed by atoms with Gasteiger partial charge >= 0.3 is 5.97 Å². The van der Waals surface area contributed by atoms with Crippen LogP contribution in [-0.2, 0) is 9.53 Å². The molecule has 0 heterocycles. The molecule has 0 aliphatic carbocycles. The standard InChI is InChI=1S/C10H10F2N2O5/c1-19-10(16)8(4-15)13-9-6(11)2-5(14(17)18)3-7(9)12/h2-3,8,13,15H,4H2,1H3. The van der Waals surface area contributed by atoms with Crippen molar-refractivity contribution in [3.8, 4) is 0 Å². The third-order valence-electron chi connectivity index (χ3n) is 2.22. The zero-order valence-corrected chi connectivity index (χ0v) is 9.72. The van der Waals surface area contributed by atoms with Crippen molar-refractivity contribution in [1.29, 1.82) is 0 Å². The first-order chi connectivity index (χ1) is 8.90. The second-order valence-corrected chi connectivity index (χ2v) is 3.44. The molecular weight excluding hydrogens is 266 g/mol. The zero-order valence-electron chi connectivity index (χ0n) is 9.72. The summed E-state index contributed by atoms with van der Waals surface area (Å²) in [5, 5.41) is 21.4. The molecule has 0 saturated carbocycles. The van der Waals surface area contributed by atoms with Crippen LogP contribution in [0.3, 0.4) is 0 Å². The smallest absolute Gasteiger partial charge is 0.330 e. The summed E-state index contributed by atoms with van der Waals surface area (Å²) in [7, 11) is 1.04. The summed E-state index contributed by atoms with van der Waals surface area (Å²) >= 11 is 0. The van der Waals surface area contributed by atoms with Crippen molar-refractivity contribution in [2.45, 2.75) is 6.04 Å². The fourth-order valence-corrected chi connectivity index (χ4v) is 1.30. The quantitative estimate of drug-likeness (QED) is 0.469. The Hall–Kier alpha value is -2.29. The number of carbonyl (C=O) groups is 1. The van der Waals surface area contributed by atoms with Gasteiger partial charge in [-0.15, -0.1) is 0 Å². The summed E-state index contributed by atoms with van der Waals surface area (Å²) in [5.74, 6) is -3.44. The van der Waals surface area contributed by atoms with Gasteiger partial charge in [0.1, 0.15) is 11.7 Å². The fourth-order valence-electron chi connectivity index (χ4n) is 1.30. The van der Waals surface area contributed by atoms with Crippen molar-refractivity contribution in [2.75, 3.05) is 19.0 Å². The number of nitrogens with zero attached hydrogens (tertiary/aromatic N) is 1. The molecule has 0 bridgehead atoms. The summed E-state index contributed by atoms with van der Waals surface area (Å²) in [5.41, 5.74) is -1.52. The number of aliphatic hydroxyl groups excluding tert-OH is 1. The Balaban J connectivity index is 3.08. The summed E-state index contributed by atoms with van der Waals surface area (Å²) in [4.78, 5) is 20.6. The van der Waals surface area contributed by atoms with Crippen molar-refractivity contribution in [1.82, 2.24) is 0 Å². The van der Waals surface area contributed by atoms with E-state index in [0.29, 0.717) is 12.1 Å². The van der Waals surface area contributed by atoms with Crippen molar-refractivity contribution in [2.24, 2.45) is 0 Å². The number of methoxy groups -OCH3 is 1. The largest absolute Gasteiger partial charge is 0.467 e. The first kappa shape index (κ1) is 14.8. The minimum Gasteiger partial charge on any atom is -0.467 e. The molecule has 1 atom stereocenters. The van der Waals surface area contributed by atoms with Gasteiger partial charge in [-0.1, -0.05) is 0 Å². The van der Waals surface area contributed by atoms with Crippen LogP contribution in [0.15, 0.2) is 12.1 Å². The number of benzene rings is 1. The molecule has 1 unspecified atom stereocenters. The monoisotopic (exact) mass is 276 g/mol. The zero-order chi connectivity index (χ0) is 14.6. The summed E-state index contributed by atoms with van der Waals surface area (Å²) in [6.45, 7) is -0.761. The van der Waals surface area contributed by atoms with Gasteiger partial charge in [0.05, 0.1) is 30.8 Å². The minimum absolute atomic E-state index is 0.497. The molecular formula is C10H10F2N2O5. The van der Waals surface area contributed by atoms with Gasteiger partial charge in [-0.2, -0.15) is 0 Å². The maximum Gasteiger partial charge on any atom is 0.330 e. The van der Waals surface area contributed by atoms with E-state index in [1.54, 1.807) is 0 Å². The molecule has 7 nitrogen and oxygen atoms in total. The maximum absolute atomic E-state index is 13.5. The number of nitro benzene ring substituents is 1. The molecule has 0 saturated heterocycles. The van der Waals surface area contributed by atoms with E-state index >= 15 is 0 Å². The van der Waals surface area contributed by atoms with Crippen LogP contribution in [0.25, 0.3) is 0 Å². The molecule has 0 aromatic heterocycles. The molecule has 9 heteroatoms. The summed E-state index contributed by atoms with van der Waals surface area (Å²) in [6, 6.07) is -0.385. The Morgan fingerprint density at radius 1 is 1.53 bits per heavy atom. The molecule has 1 aromatic rings. The average molecular weight is 276 g/mol. The second kappa shape index (κ2) is 6.05. The van der Waals surface area contributed by atoms with E-state index in [0.717, 1.165) is 7.11 Å². The van der Waals surface area contributed by atoms with Crippen LogP contribution >= 0.6 is 0 Å². The van der Waals surface area contributed by atoms with Crippen LogP contribution in [0, 0.1) is 21.7 Å². The third-order valence-corrected chi connectivity index (χ3v) is 2.22. The normalized spacial score (nSPS) is 11.8. The first-order valence-corrected chi connectivity index (χ1v) is 4.99. The predicted molar refractivity (Wildman–Crippen MR) is 59.5 cm³/mol. The van der Waals surface area contributed by atoms with E-state index in [2.05, 4.69) is 10.1 Å². The number of nitrogens with one attached hydrogen (secondary N) is 1. The number of rotatable bonds is 5. The van der Waals surface area contributed by atoms with E-state index in [1.165, 1.54) is 0 Å². The number of non-ortho nitro benzene ring substituents is 1. The van der Waals surface area contributed by atoms with Crippen LogP contribution in [0.2, 0.25) is 0 Å². The number of esters is 1. The van der Waals surface area contributed by atoms with Gasteiger partial charge in [-0.25, -0.2) is 13.6 Å². The highest BCUT2D eigenvalue weighted by Crippen LogP contribution is 2.25. The number of nitro groups is 1. The lowest BCUT2D eigenvalue weighted by atomic mass is 10.2.